The zero-order chi connectivity index (χ0) is 11.0. The van der Waals surface area contributed by atoms with E-state index >= 15 is 0 Å². The lowest BCUT2D eigenvalue weighted by atomic mass is 10.3. The summed E-state index contributed by atoms with van der Waals surface area (Å²) in [5.74, 6) is 0.379. The van der Waals surface area contributed by atoms with Crippen molar-refractivity contribution in [3.8, 4) is 0 Å². The van der Waals surface area contributed by atoms with Gasteiger partial charge in [0.05, 0.1) is 16.1 Å². The molecule has 0 radical (unpaired) electrons. The van der Waals surface area contributed by atoms with Gasteiger partial charge < -0.3 is 5.73 Å². The van der Waals surface area contributed by atoms with Crippen LogP contribution in [0.15, 0.2) is 12.3 Å². The summed E-state index contributed by atoms with van der Waals surface area (Å²) in [4.78, 5) is 17.1. The maximum atomic E-state index is 11.5. The van der Waals surface area contributed by atoms with Gasteiger partial charge in [0.15, 0.2) is 5.82 Å². The van der Waals surface area contributed by atoms with Crippen molar-refractivity contribution in [1.82, 2.24) is 4.98 Å². The van der Waals surface area contributed by atoms with Gasteiger partial charge in [-0.1, -0.05) is 11.6 Å². The molecule has 1 amide bonds. The highest BCUT2D eigenvalue weighted by molar-refractivity contribution is 6.30. The Kier molecular flexibility index (Phi) is 2.71. The number of rotatable bonds is 1. The Morgan fingerprint density at radius 3 is 2.87 bits per heavy atom. The molecule has 0 aliphatic carbocycles. The van der Waals surface area contributed by atoms with Crippen molar-refractivity contribution in [2.75, 3.05) is 17.2 Å². The van der Waals surface area contributed by atoms with Crippen LogP contribution in [0.25, 0.3) is 0 Å². The molecule has 1 atom stereocenters. The van der Waals surface area contributed by atoms with E-state index < -0.39 is 0 Å². The zero-order valence-electron chi connectivity index (χ0n) is 7.78. The van der Waals surface area contributed by atoms with Crippen molar-refractivity contribution in [3.63, 3.8) is 0 Å². The number of hydrogen-bond donors (Lipinski definition) is 1. The van der Waals surface area contributed by atoms with E-state index in [0.717, 1.165) is 0 Å². The molecule has 2 heterocycles. The van der Waals surface area contributed by atoms with Crippen LogP contribution < -0.4 is 10.6 Å². The van der Waals surface area contributed by atoms with Crippen LogP contribution in [0, 0.1) is 0 Å². The summed E-state index contributed by atoms with van der Waals surface area (Å²) in [7, 11) is 0. The van der Waals surface area contributed by atoms with Crippen LogP contribution in [0.2, 0.25) is 5.02 Å². The third kappa shape index (κ3) is 2.01. The summed E-state index contributed by atoms with van der Waals surface area (Å²) in [5, 5.41) is 0.277. The molecule has 1 aliphatic heterocycles. The largest absolute Gasteiger partial charge is 0.396 e. The highest BCUT2D eigenvalue weighted by Gasteiger charge is 2.31. The maximum Gasteiger partial charge on any atom is 0.229 e. The smallest absolute Gasteiger partial charge is 0.229 e. The standard InChI is InChI=1S/C9H9Cl2N3O/c10-5-1-7(12)9(13-3-5)14-4-6(11)2-8(14)15/h1,3,6H,2,4,12H2. The second-order valence-electron chi connectivity index (χ2n) is 3.37. The van der Waals surface area contributed by atoms with Gasteiger partial charge in [0.2, 0.25) is 5.91 Å². The van der Waals surface area contributed by atoms with Crippen LogP contribution in [0.4, 0.5) is 11.5 Å². The Morgan fingerprint density at radius 1 is 1.60 bits per heavy atom. The molecular formula is C9H9Cl2N3O. The molecule has 1 saturated heterocycles. The molecule has 1 aliphatic rings. The topological polar surface area (TPSA) is 59.2 Å². The number of alkyl halides is 1. The van der Waals surface area contributed by atoms with Crippen LogP contribution in [0.3, 0.4) is 0 Å². The first-order valence-corrected chi connectivity index (χ1v) is 5.25. The Hall–Kier alpha value is -1.00. The highest BCUT2D eigenvalue weighted by atomic mass is 35.5. The first-order chi connectivity index (χ1) is 7.08. The number of nitrogen functional groups attached to an aromatic ring is 1. The summed E-state index contributed by atoms with van der Waals surface area (Å²) in [6.45, 7) is 0.444. The SMILES string of the molecule is Nc1cc(Cl)cnc1N1CC(Cl)CC1=O. The van der Waals surface area contributed by atoms with E-state index in [-0.39, 0.29) is 11.3 Å². The molecule has 80 valence electrons. The Bertz CT molecular complexity index is 410. The van der Waals surface area contributed by atoms with Gasteiger partial charge in [-0.3, -0.25) is 9.69 Å². The predicted octanol–water partition coefficient (Wildman–Crippen LogP) is 1.66. The monoisotopic (exact) mass is 245 g/mol. The van der Waals surface area contributed by atoms with Crippen molar-refractivity contribution in [1.29, 1.82) is 0 Å². The molecule has 0 bridgehead atoms. The third-order valence-corrected chi connectivity index (χ3v) is 2.69. The summed E-state index contributed by atoms with van der Waals surface area (Å²) in [6, 6.07) is 1.57. The number of carbonyl (C=O) groups is 1. The average Bonchev–Trinajstić information content (AvgIpc) is 2.45. The maximum absolute atomic E-state index is 11.5. The summed E-state index contributed by atoms with van der Waals surface area (Å²) in [5.41, 5.74) is 6.12. The van der Waals surface area contributed by atoms with Crippen molar-refractivity contribution < 1.29 is 4.79 Å². The molecule has 0 saturated carbocycles. The Labute approximate surface area is 97.0 Å². The predicted molar refractivity (Wildman–Crippen MR) is 60.3 cm³/mol. The lowest BCUT2D eigenvalue weighted by Crippen LogP contribution is -2.26. The number of nitrogens with zero attached hydrogens (tertiary/aromatic N) is 2. The van der Waals surface area contributed by atoms with E-state index in [1.807, 2.05) is 0 Å². The number of carbonyl (C=O) groups excluding carboxylic acids is 1. The van der Waals surface area contributed by atoms with Crippen molar-refractivity contribution in [2.45, 2.75) is 11.8 Å². The molecule has 1 unspecified atom stereocenters. The lowest BCUT2D eigenvalue weighted by molar-refractivity contribution is -0.117. The number of halogens is 2. The van der Waals surface area contributed by atoms with E-state index in [1.165, 1.54) is 11.1 Å². The van der Waals surface area contributed by atoms with Crippen molar-refractivity contribution in [2.24, 2.45) is 0 Å². The van der Waals surface area contributed by atoms with Crippen LogP contribution in [0.5, 0.6) is 0 Å². The number of nitrogens with two attached hydrogens (primary N) is 1. The van der Waals surface area contributed by atoms with Crippen LogP contribution in [0.1, 0.15) is 6.42 Å². The second kappa shape index (κ2) is 3.87. The fourth-order valence-corrected chi connectivity index (χ4v) is 1.98. The highest BCUT2D eigenvalue weighted by Crippen LogP contribution is 2.28. The Morgan fingerprint density at radius 2 is 2.33 bits per heavy atom. The molecule has 0 spiro atoms. The normalized spacial score (nSPS) is 21.1. The molecular weight excluding hydrogens is 237 g/mol. The minimum Gasteiger partial charge on any atom is -0.396 e. The first-order valence-electron chi connectivity index (χ1n) is 4.43. The molecule has 1 aromatic rings. The van der Waals surface area contributed by atoms with Gasteiger partial charge in [-0.15, -0.1) is 11.6 Å². The molecule has 1 aromatic heterocycles. The van der Waals surface area contributed by atoms with Gasteiger partial charge in [-0.25, -0.2) is 4.98 Å². The van der Waals surface area contributed by atoms with E-state index in [4.69, 9.17) is 28.9 Å². The van der Waals surface area contributed by atoms with E-state index in [2.05, 4.69) is 4.98 Å². The minimum atomic E-state index is -0.172. The molecule has 4 nitrogen and oxygen atoms in total. The van der Waals surface area contributed by atoms with Gasteiger partial charge in [-0.05, 0) is 6.07 Å². The Balaban J connectivity index is 2.34. The molecule has 15 heavy (non-hydrogen) atoms. The summed E-state index contributed by atoms with van der Waals surface area (Å²) < 4.78 is 0. The number of amides is 1. The van der Waals surface area contributed by atoms with Crippen molar-refractivity contribution >= 4 is 40.6 Å². The minimum absolute atomic E-state index is 0.0588. The molecule has 6 heteroatoms. The van der Waals surface area contributed by atoms with Gasteiger partial charge in [-0.2, -0.15) is 0 Å². The summed E-state index contributed by atoms with van der Waals surface area (Å²) in [6.07, 6.45) is 1.79. The lowest BCUT2D eigenvalue weighted by Gasteiger charge is -2.16. The van der Waals surface area contributed by atoms with Crippen LogP contribution in [-0.2, 0) is 4.79 Å². The van der Waals surface area contributed by atoms with E-state index in [9.17, 15) is 4.79 Å². The number of anilines is 2. The molecule has 1 fully saturated rings. The zero-order valence-corrected chi connectivity index (χ0v) is 9.29. The molecule has 2 N–H and O–H groups in total. The molecule has 0 aromatic carbocycles. The molecule has 2 rings (SSSR count). The fourth-order valence-electron chi connectivity index (χ4n) is 1.54. The van der Waals surface area contributed by atoms with Crippen LogP contribution >= 0.6 is 23.2 Å². The van der Waals surface area contributed by atoms with Gasteiger partial charge in [0.25, 0.3) is 0 Å². The van der Waals surface area contributed by atoms with Gasteiger partial charge >= 0.3 is 0 Å². The van der Waals surface area contributed by atoms with Crippen molar-refractivity contribution in [3.05, 3.63) is 17.3 Å². The quantitative estimate of drug-likeness (QED) is 0.766. The fraction of sp³-hybridized carbons (Fsp3) is 0.333. The third-order valence-electron chi connectivity index (χ3n) is 2.20. The van der Waals surface area contributed by atoms with Crippen LogP contribution in [-0.4, -0.2) is 22.8 Å². The average molecular weight is 246 g/mol. The first kappa shape index (κ1) is 10.5. The second-order valence-corrected chi connectivity index (χ2v) is 4.43. The summed E-state index contributed by atoms with van der Waals surface area (Å²) >= 11 is 11.6. The number of hydrogen-bond acceptors (Lipinski definition) is 3. The number of aromatic nitrogens is 1. The van der Waals surface area contributed by atoms with E-state index in [0.29, 0.717) is 29.5 Å². The number of pyridine rings is 1. The van der Waals surface area contributed by atoms with Gasteiger partial charge in [0, 0.05) is 19.2 Å². The van der Waals surface area contributed by atoms with E-state index in [1.54, 1.807) is 6.07 Å². The van der Waals surface area contributed by atoms with Gasteiger partial charge in [0.1, 0.15) is 0 Å².